The molecule has 33 heavy (non-hydrogen) atoms. The molecule has 0 spiro atoms. The number of rotatable bonds is 8. The Morgan fingerprint density at radius 2 is 1.91 bits per heavy atom. The van der Waals surface area contributed by atoms with E-state index in [0.29, 0.717) is 33.7 Å². The van der Waals surface area contributed by atoms with Gasteiger partial charge in [0.25, 0.3) is 0 Å². The standard InChI is InChI=1S/C23H18BrF3N4O2/c1-2-32-20-9-17(12-30-31-22-8-7-18(13-29-22)23(25,26)27)19(24)10-21(20)33-14-16-6-4-3-5-15(16)11-28/h3-10,12-13H,2,14H2,1H3,(H,29,31)/b30-12-. The predicted molar refractivity (Wildman–Crippen MR) is 121 cm³/mol. The number of hydrogen-bond acceptors (Lipinski definition) is 6. The Labute approximate surface area is 196 Å². The first kappa shape index (κ1) is 24.1. The van der Waals surface area contributed by atoms with Crippen molar-refractivity contribution in [3.63, 3.8) is 0 Å². The molecule has 0 saturated heterocycles. The molecule has 2 aromatic carbocycles. The molecule has 0 amide bonds. The van der Waals surface area contributed by atoms with Gasteiger partial charge in [-0.1, -0.05) is 18.2 Å². The third kappa shape index (κ3) is 6.46. The number of nitriles is 1. The van der Waals surface area contributed by atoms with Gasteiger partial charge in [0.2, 0.25) is 0 Å². The van der Waals surface area contributed by atoms with Crippen LogP contribution in [-0.2, 0) is 12.8 Å². The van der Waals surface area contributed by atoms with Crippen LogP contribution in [0.1, 0.15) is 29.2 Å². The number of aromatic nitrogens is 1. The van der Waals surface area contributed by atoms with Crippen molar-refractivity contribution in [3.8, 4) is 17.6 Å². The molecule has 3 aromatic rings. The van der Waals surface area contributed by atoms with Crippen LogP contribution in [0.3, 0.4) is 0 Å². The Hall–Kier alpha value is -3.58. The Morgan fingerprint density at radius 3 is 2.58 bits per heavy atom. The highest BCUT2D eigenvalue weighted by atomic mass is 79.9. The summed E-state index contributed by atoms with van der Waals surface area (Å²) in [6.07, 6.45) is -2.24. The second kappa shape index (κ2) is 10.8. The van der Waals surface area contributed by atoms with Crippen LogP contribution in [-0.4, -0.2) is 17.8 Å². The molecule has 10 heteroatoms. The van der Waals surface area contributed by atoms with Crippen molar-refractivity contribution in [2.45, 2.75) is 19.7 Å². The fourth-order valence-electron chi connectivity index (χ4n) is 2.74. The van der Waals surface area contributed by atoms with Crippen LogP contribution in [0, 0.1) is 11.3 Å². The minimum atomic E-state index is -4.45. The highest BCUT2D eigenvalue weighted by molar-refractivity contribution is 9.10. The third-order valence-electron chi connectivity index (χ3n) is 4.36. The number of nitrogens with one attached hydrogen (secondary N) is 1. The normalized spacial score (nSPS) is 11.3. The number of halogens is 4. The highest BCUT2D eigenvalue weighted by Gasteiger charge is 2.30. The predicted octanol–water partition coefficient (Wildman–Crippen LogP) is 6.16. The van der Waals surface area contributed by atoms with Gasteiger partial charge in [0.05, 0.1) is 30.0 Å². The molecule has 0 aliphatic rings. The van der Waals surface area contributed by atoms with E-state index < -0.39 is 11.7 Å². The van der Waals surface area contributed by atoms with Gasteiger partial charge in [-0.15, -0.1) is 0 Å². The molecule has 0 fully saturated rings. The summed E-state index contributed by atoms with van der Waals surface area (Å²) >= 11 is 3.46. The van der Waals surface area contributed by atoms with Gasteiger partial charge < -0.3 is 9.47 Å². The number of hydrazone groups is 1. The molecule has 1 N–H and O–H groups in total. The quantitative estimate of drug-likeness (QED) is 0.285. The maximum absolute atomic E-state index is 12.6. The van der Waals surface area contributed by atoms with E-state index in [2.05, 4.69) is 37.5 Å². The molecule has 0 radical (unpaired) electrons. The zero-order valence-electron chi connectivity index (χ0n) is 17.4. The van der Waals surface area contributed by atoms with Crippen molar-refractivity contribution < 1.29 is 22.6 Å². The summed E-state index contributed by atoms with van der Waals surface area (Å²) in [7, 11) is 0. The first-order valence-electron chi connectivity index (χ1n) is 9.71. The first-order chi connectivity index (χ1) is 15.8. The zero-order chi connectivity index (χ0) is 23.8. The van der Waals surface area contributed by atoms with Gasteiger partial charge in [-0.2, -0.15) is 23.5 Å². The van der Waals surface area contributed by atoms with E-state index in [-0.39, 0.29) is 12.4 Å². The van der Waals surface area contributed by atoms with Crippen LogP contribution < -0.4 is 14.9 Å². The molecule has 1 aromatic heterocycles. The van der Waals surface area contributed by atoms with Gasteiger partial charge in [-0.3, -0.25) is 5.43 Å². The first-order valence-corrected chi connectivity index (χ1v) is 10.5. The molecule has 3 rings (SSSR count). The van der Waals surface area contributed by atoms with Crippen LogP contribution in [0.5, 0.6) is 11.5 Å². The van der Waals surface area contributed by atoms with Gasteiger partial charge >= 0.3 is 6.18 Å². The summed E-state index contributed by atoms with van der Waals surface area (Å²) in [5.41, 5.74) is 3.67. The average molecular weight is 519 g/mol. The molecule has 1 heterocycles. The van der Waals surface area contributed by atoms with E-state index in [0.717, 1.165) is 17.8 Å². The Bertz CT molecular complexity index is 1180. The van der Waals surface area contributed by atoms with Crippen LogP contribution in [0.25, 0.3) is 0 Å². The second-order valence-corrected chi connectivity index (χ2v) is 7.47. The second-order valence-electron chi connectivity index (χ2n) is 6.61. The summed E-state index contributed by atoms with van der Waals surface area (Å²) in [5, 5.41) is 13.3. The molecule has 0 bridgehead atoms. The summed E-state index contributed by atoms with van der Waals surface area (Å²) in [6.45, 7) is 2.42. The van der Waals surface area contributed by atoms with Crippen molar-refractivity contribution in [2.24, 2.45) is 5.10 Å². The lowest BCUT2D eigenvalue weighted by molar-refractivity contribution is -0.137. The monoisotopic (exact) mass is 518 g/mol. The summed E-state index contributed by atoms with van der Waals surface area (Å²) in [5.74, 6) is 1.12. The van der Waals surface area contributed by atoms with Crippen LogP contribution in [0.2, 0.25) is 0 Å². The maximum atomic E-state index is 12.6. The summed E-state index contributed by atoms with van der Waals surface area (Å²) < 4.78 is 50.1. The van der Waals surface area contributed by atoms with Crippen molar-refractivity contribution >= 4 is 28.0 Å². The van der Waals surface area contributed by atoms with E-state index in [1.807, 2.05) is 19.1 Å². The van der Waals surface area contributed by atoms with Gasteiger partial charge in [0.15, 0.2) is 11.5 Å². The van der Waals surface area contributed by atoms with Gasteiger partial charge in [-0.05, 0) is 53.2 Å². The van der Waals surface area contributed by atoms with E-state index in [4.69, 9.17) is 9.47 Å². The number of ether oxygens (including phenoxy) is 2. The minimum absolute atomic E-state index is 0.163. The lowest BCUT2D eigenvalue weighted by Crippen LogP contribution is -2.05. The number of hydrogen-bond donors (Lipinski definition) is 1. The lowest BCUT2D eigenvalue weighted by atomic mass is 10.1. The smallest absolute Gasteiger partial charge is 0.417 e. The molecular weight excluding hydrogens is 501 g/mol. The lowest BCUT2D eigenvalue weighted by Gasteiger charge is -2.14. The van der Waals surface area contributed by atoms with E-state index in [9.17, 15) is 18.4 Å². The number of benzene rings is 2. The van der Waals surface area contributed by atoms with E-state index in [1.165, 1.54) is 12.3 Å². The largest absolute Gasteiger partial charge is 0.490 e. The third-order valence-corrected chi connectivity index (χ3v) is 5.04. The molecule has 0 aliphatic heterocycles. The molecule has 170 valence electrons. The number of anilines is 1. The fourth-order valence-corrected chi connectivity index (χ4v) is 3.16. The molecule has 0 saturated carbocycles. The highest BCUT2D eigenvalue weighted by Crippen LogP contribution is 2.34. The molecular formula is C23H18BrF3N4O2. The number of alkyl halides is 3. The average Bonchev–Trinajstić information content (AvgIpc) is 2.80. The van der Waals surface area contributed by atoms with Crippen LogP contribution in [0.15, 0.2) is 64.3 Å². The van der Waals surface area contributed by atoms with Crippen LogP contribution >= 0.6 is 15.9 Å². The van der Waals surface area contributed by atoms with Gasteiger partial charge in [0.1, 0.15) is 12.4 Å². The summed E-state index contributed by atoms with van der Waals surface area (Å²) in [4.78, 5) is 3.70. The van der Waals surface area contributed by atoms with Crippen molar-refractivity contribution in [3.05, 3.63) is 81.5 Å². The SMILES string of the molecule is CCOc1cc(/C=N\Nc2ccc(C(F)(F)F)cn2)c(Br)cc1OCc1ccccc1C#N. The van der Waals surface area contributed by atoms with Crippen molar-refractivity contribution in [1.29, 1.82) is 5.26 Å². The minimum Gasteiger partial charge on any atom is -0.490 e. The Kier molecular flexibility index (Phi) is 7.90. The molecule has 6 nitrogen and oxygen atoms in total. The molecule has 0 unspecified atom stereocenters. The molecule has 0 aliphatic carbocycles. The topological polar surface area (TPSA) is 79.5 Å². The van der Waals surface area contributed by atoms with Crippen molar-refractivity contribution in [2.75, 3.05) is 12.0 Å². The number of pyridine rings is 1. The Morgan fingerprint density at radius 1 is 1.15 bits per heavy atom. The van der Waals surface area contributed by atoms with Gasteiger partial charge in [-0.25, -0.2) is 4.98 Å². The fraction of sp³-hybridized carbons (Fsp3) is 0.174. The zero-order valence-corrected chi connectivity index (χ0v) is 18.9. The van der Waals surface area contributed by atoms with Crippen LogP contribution in [0.4, 0.5) is 19.0 Å². The molecule has 0 atom stereocenters. The van der Waals surface area contributed by atoms with Gasteiger partial charge in [0, 0.05) is 21.8 Å². The maximum Gasteiger partial charge on any atom is 0.417 e. The van der Waals surface area contributed by atoms with Crippen molar-refractivity contribution in [1.82, 2.24) is 4.98 Å². The van der Waals surface area contributed by atoms with E-state index in [1.54, 1.807) is 24.3 Å². The Balaban J connectivity index is 1.74. The van der Waals surface area contributed by atoms with E-state index >= 15 is 0 Å². The summed E-state index contributed by atoms with van der Waals surface area (Å²) in [6, 6.07) is 14.8. The number of nitrogens with zero attached hydrogens (tertiary/aromatic N) is 3.